The summed E-state index contributed by atoms with van der Waals surface area (Å²) in [5.74, 6) is 0.594. The van der Waals surface area contributed by atoms with Gasteiger partial charge in [-0.25, -0.2) is 0 Å². The van der Waals surface area contributed by atoms with Crippen molar-refractivity contribution in [1.82, 2.24) is 19.9 Å². The van der Waals surface area contributed by atoms with E-state index in [1.165, 1.54) is 0 Å². The number of aromatic nitrogens is 2. The van der Waals surface area contributed by atoms with Crippen LogP contribution in [0, 0.1) is 6.92 Å². The Labute approximate surface area is 162 Å². The molecule has 1 fully saturated rings. The van der Waals surface area contributed by atoms with Crippen molar-refractivity contribution in [3.8, 4) is 22.5 Å². The van der Waals surface area contributed by atoms with E-state index >= 15 is 0 Å². The smallest absolute Gasteiger partial charge is 0.270 e. The number of carbonyl (C=O) groups excluding carboxylic acids is 2. The molecule has 1 aliphatic heterocycles. The Balaban J connectivity index is 1.54. The van der Waals surface area contributed by atoms with Crippen molar-refractivity contribution in [2.24, 2.45) is 0 Å². The maximum atomic E-state index is 12.8. The third-order valence-corrected chi connectivity index (χ3v) is 5.09. The molecule has 28 heavy (non-hydrogen) atoms. The summed E-state index contributed by atoms with van der Waals surface area (Å²) in [6, 6.07) is 9.91. The molecule has 7 nitrogen and oxygen atoms in total. The molecule has 0 saturated carbocycles. The van der Waals surface area contributed by atoms with Gasteiger partial charge in [-0.15, -0.1) is 0 Å². The zero-order valence-electron chi connectivity index (χ0n) is 15.9. The van der Waals surface area contributed by atoms with Crippen LogP contribution in [0.5, 0.6) is 0 Å². The van der Waals surface area contributed by atoms with Gasteiger partial charge in [-0.3, -0.25) is 9.59 Å². The first-order valence-corrected chi connectivity index (χ1v) is 9.28. The van der Waals surface area contributed by atoms with Gasteiger partial charge in [0.15, 0.2) is 5.76 Å². The van der Waals surface area contributed by atoms with Crippen LogP contribution in [0.25, 0.3) is 22.5 Å². The first-order valence-electron chi connectivity index (χ1n) is 9.28. The predicted octanol–water partition coefficient (Wildman–Crippen LogP) is 2.95. The van der Waals surface area contributed by atoms with Gasteiger partial charge in [0.1, 0.15) is 5.69 Å². The molecule has 4 rings (SSSR count). The molecule has 3 heterocycles. The molecule has 7 heteroatoms. The number of hydrogen-bond donors (Lipinski definition) is 1. The van der Waals surface area contributed by atoms with E-state index in [1.54, 1.807) is 35.2 Å². The second-order valence-corrected chi connectivity index (χ2v) is 7.04. The maximum Gasteiger partial charge on any atom is 0.270 e. The van der Waals surface area contributed by atoms with Gasteiger partial charge in [0, 0.05) is 50.4 Å². The Morgan fingerprint density at radius 2 is 1.82 bits per heavy atom. The second-order valence-electron chi connectivity index (χ2n) is 7.04. The van der Waals surface area contributed by atoms with E-state index in [2.05, 4.69) is 16.2 Å². The first-order chi connectivity index (χ1) is 13.5. The minimum absolute atomic E-state index is 0.0447. The molecule has 0 aliphatic carbocycles. The van der Waals surface area contributed by atoms with E-state index in [-0.39, 0.29) is 11.8 Å². The number of carbonyl (C=O) groups is 2. The lowest BCUT2D eigenvalue weighted by atomic mass is 10.0. The normalized spacial score (nSPS) is 14.4. The van der Waals surface area contributed by atoms with Crippen LogP contribution >= 0.6 is 0 Å². The van der Waals surface area contributed by atoms with E-state index < -0.39 is 0 Å². The van der Waals surface area contributed by atoms with Gasteiger partial charge >= 0.3 is 0 Å². The zero-order valence-corrected chi connectivity index (χ0v) is 15.9. The molecule has 144 valence electrons. The van der Waals surface area contributed by atoms with Crippen LogP contribution in [0.4, 0.5) is 0 Å². The van der Waals surface area contributed by atoms with Gasteiger partial charge in [-0.1, -0.05) is 35.0 Å². The van der Waals surface area contributed by atoms with Gasteiger partial charge in [-0.05, 0) is 18.6 Å². The molecule has 0 radical (unpaired) electrons. The van der Waals surface area contributed by atoms with E-state index in [9.17, 15) is 9.59 Å². The Hall–Kier alpha value is -3.35. The number of H-pyrrole nitrogens is 1. The molecule has 0 unspecified atom stereocenters. The SMILES string of the molecule is CC(=O)N1CCN(C(=O)c2cc(-c3oncc3-c3cccc(C)c3)c[nH]2)CC1. The second kappa shape index (κ2) is 7.34. The lowest BCUT2D eigenvalue weighted by Crippen LogP contribution is -2.50. The molecule has 0 bridgehead atoms. The molecular formula is C21H22N4O3. The predicted molar refractivity (Wildman–Crippen MR) is 105 cm³/mol. The number of aryl methyl sites for hydroxylation is 1. The third kappa shape index (κ3) is 3.43. The minimum Gasteiger partial charge on any atom is -0.356 e. The molecule has 0 spiro atoms. The van der Waals surface area contributed by atoms with Crippen molar-refractivity contribution in [2.45, 2.75) is 13.8 Å². The van der Waals surface area contributed by atoms with E-state index in [1.807, 2.05) is 25.1 Å². The summed E-state index contributed by atoms with van der Waals surface area (Å²) in [6.45, 7) is 5.78. The van der Waals surface area contributed by atoms with Gasteiger partial charge in [0.25, 0.3) is 5.91 Å². The van der Waals surface area contributed by atoms with Crippen LogP contribution in [0.3, 0.4) is 0 Å². The summed E-state index contributed by atoms with van der Waals surface area (Å²) in [6.07, 6.45) is 3.46. The Kier molecular flexibility index (Phi) is 4.73. The fourth-order valence-corrected chi connectivity index (χ4v) is 3.51. The number of hydrogen-bond acceptors (Lipinski definition) is 4. The van der Waals surface area contributed by atoms with Crippen LogP contribution in [0.1, 0.15) is 23.0 Å². The summed E-state index contributed by atoms with van der Waals surface area (Å²) >= 11 is 0. The van der Waals surface area contributed by atoms with Gasteiger partial charge in [0.05, 0.1) is 6.20 Å². The van der Waals surface area contributed by atoms with Crippen molar-refractivity contribution >= 4 is 11.8 Å². The highest BCUT2D eigenvalue weighted by Crippen LogP contribution is 2.32. The van der Waals surface area contributed by atoms with Crippen LogP contribution < -0.4 is 0 Å². The van der Waals surface area contributed by atoms with Crippen molar-refractivity contribution in [2.75, 3.05) is 26.2 Å². The lowest BCUT2D eigenvalue weighted by molar-refractivity contribution is -0.130. The largest absolute Gasteiger partial charge is 0.356 e. The fraction of sp³-hybridized carbons (Fsp3) is 0.286. The quantitative estimate of drug-likeness (QED) is 0.760. The molecule has 0 atom stereocenters. The summed E-state index contributed by atoms with van der Waals surface area (Å²) in [5, 5.41) is 3.95. The highest BCUT2D eigenvalue weighted by molar-refractivity contribution is 5.94. The Morgan fingerprint density at radius 3 is 2.54 bits per heavy atom. The number of amides is 2. The molecule has 1 N–H and O–H groups in total. The first kappa shape index (κ1) is 18.0. The Bertz CT molecular complexity index is 1010. The standard InChI is InChI=1S/C21H22N4O3/c1-14-4-3-5-16(10-14)18-13-23-28-20(18)17-11-19(22-12-17)21(27)25-8-6-24(7-9-25)15(2)26/h3-5,10-13,22H,6-9H2,1-2H3. The molecular weight excluding hydrogens is 356 g/mol. The highest BCUT2D eigenvalue weighted by atomic mass is 16.5. The van der Waals surface area contributed by atoms with Crippen LogP contribution in [-0.4, -0.2) is 57.9 Å². The summed E-state index contributed by atoms with van der Waals surface area (Å²) in [7, 11) is 0. The van der Waals surface area contributed by atoms with Gasteiger partial charge in [0.2, 0.25) is 5.91 Å². The zero-order chi connectivity index (χ0) is 19.7. The third-order valence-electron chi connectivity index (χ3n) is 5.09. The maximum absolute atomic E-state index is 12.8. The van der Waals surface area contributed by atoms with Crippen LogP contribution in [-0.2, 0) is 4.79 Å². The van der Waals surface area contributed by atoms with E-state index in [0.717, 1.165) is 22.3 Å². The number of aromatic amines is 1. The van der Waals surface area contributed by atoms with Gasteiger partial charge < -0.3 is 19.3 Å². The molecule has 1 saturated heterocycles. The summed E-state index contributed by atoms with van der Waals surface area (Å²) in [4.78, 5) is 30.8. The molecule has 3 aromatic rings. The Morgan fingerprint density at radius 1 is 1.07 bits per heavy atom. The van der Waals surface area contributed by atoms with Crippen molar-refractivity contribution in [1.29, 1.82) is 0 Å². The number of nitrogens with zero attached hydrogens (tertiary/aromatic N) is 3. The van der Waals surface area contributed by atoms with Crippen molar-refractivity contribution in [3.63, 3.8) is 0 Å². The average Bonchev–Trinajstić information content (AvgIpc) is 3.37. The average molecular weight is 378 g/mol. The highest BCUT2D eigenvalue weighted by Gasteiger charge is 2.25. The molecule has 2 amide bonds. The van der Waals surface area contributed by atoms with Gasteiger partial charge in [-0.2, -0.15) is 0 Å². The monoisotopic (exact) mass is 378 g/mol. The molecule has 1 aromatic carbocycles. The number of piperazine rings is 1. The number of benzene rings is 1. The van der Waals surface area contributed by atoms with Crippen LogP contribution in [0.2, 0.25) is 0 Å². The van der Waals surface area contributed by atoms with Crippen LogP contribution in [0.15, 0.2) is 47.2 Å². The van der Waals surface area contributed by atoms with E-state index in [0.29, 0.717) is 37.6 Å². The summed E-state index contributed by atoms with van der Waals surface area (Å²) in [5.41, 5.74) is 4.33. The van der Waals surface area contributed by atoms with Crippen molar-refractivity contribution in [3.05, 3.63) is 54.0 Å². The van der Waals surface area contributed by atoms with Crippen molar-refractivity contribution < 1.29 is 14.1 Å². The molecule has 1 aliphatic rings. The minimum atomic E-state index is -0.0777. The topological polar surface area (TPSA) is 82.4 Å². The number of rotatable bonds is 3. The molecule has 2 aromatic heterocycles. The fourth-order valence-electron chi connectivity index (χ4n) is 3.51. The summed E-state index contributed by atoms with van der Waals surface area (Å²) < 4.78 is 5.48. The number of nitrogens with one attached hydrogen (secondary N) is 1. The van der Waals surface area contributed by atoms with E-state index in [4.69, 9.17) is 4.52 Å². The lowest BCUT2D eigenvalue weighted by Gasteiger charge is -2.33.